The lowest BCUT2D eigenvalue weighted by molar-refractivity contribution is -0.177. The van der Waals surface area contributed by atoms with E-state index < -0.39 is 24.0 Å². The molecule has 4 unspecified atom stereocenters. The molecule has 2 fully saturated rings. The summed E-state index contributed by atoms with van der Waals surface area (Å²) in [6.45, 7) is 2.23. The fourth-order valence-corrected chi connectivity index (χ4v) is 5.30. The van der Waals surface area contributed by atoms with Gasteiger partial charge in [-0.15, -0.1) is 0 Å². The quantitative estimate of drug-likeness (QED) is 0.479. The molecular formula is C18H26O4. The molecule has 0 radical (unpaired) electrons. The Bertz CT molecular complexity index is 475. The molecule has 4 heteroatoms. The number of aliphatic carboxylic acids is 1. The van der Waals surface area contributed by atoms with Gasteiger partial charge >= 0.3 is 11.9 Å². The lowest BCUT2D eigenvalue weighted by Crippen LogP contribution is -2.52. The summed E-state index contributed by atoms with van der Waals surface area (Å²) >= 11 is 0. The molecule has 0 spiro atoms. The third-order valence-corrected chi connectivity index (χ3v) is 6.05. The first-order valence-corrected chi connectivity index (χ1v) is 8.67. The van der Waals surface area contributed by atoms with E-state index in [0.717, 1.165) is 32.1 Å². The second-order valence-corrected chi connectivity index (χ2v) is 7.20. The SMILES string of the molecule is CCC1C2C=CC(CC2)C1C1(OC(=O)CC(=O)O)CCCC1. The topological polar surface area (TPSA) is 63.6 Å². The molecule has 4 aliphatic carbocycles. The van der Waals surface area contributed by atoms with Crippen molar-refractivity contribution < 1.29 is 19.4 Å². The van der Waals surface area contributed by atoms with E-state index in [1.165, 1.54) is 12.8 Å². The van der Waals surface area contributed by atoms with Crippen LogP contribution in [0.5, 0.6) is 0 Å². The minimum absolute atomic E-state index is 0.376. The molecule has 4 aliphatic rings. The van der Waals surface area contributed by atoms with Gasteiger partial charge in [-0.3, -0.25) is 9.59 Å². The Labute approximate surface area is 131 Å². The van der Waals surface area contributed by atoms with Gasteiger partial charge in [-0.25, -0.2) is 0 Å². The lowest BCUT2D eigenvalue weighted by Gasteiger charge is -2.52. The zero-order valence-electron chi connectivity index (χ0n) is 13.3. The maximum atomic E-state index is 12.0. The van der Waals surface area contributed by atoms with Crippen molar-refractivity contribution in [3.05, 3.63) is 12.2 Å². The van der Waals surface area contributed by atoms with E-state index in [0.29, 0.717) is 23.7 Å². The summed E-state index contributed by atoms with van der Waals surface area (Å²) in [5.41, 5.74) is -0.415. The Morgan fingerprint density at radius 1 is 1.18 bits per heavy atom. The Morgan fingerprint density at radius 2 is 1.82 bits per heavy atom. The number of hydrogen-bond donors (Lipinski definition) is 1. The van der Waals surface area contributed by atoms with Gasteiger partial charge in [0.2, 0.25) is 0 Å². The maximum Gasteiger partial charge on any atom is 0.317 e. The highest BCUT2D eigenvalue weighted by Gasteiger charge is 2.54. The first kappa shape index (κ1) is 15.6. The van der Waals surface area contributed by atoms with Gasteiger partial charge in [0, 0.05) is 5.92 Å². The summed E-state index contributed by atoms with van der Waals surface area (Å²) < 4.78 is 5.88. The Kier molecular flexibility index (Phi) is 4.28. The average Bonchev–Trinajstić information content (AvgIpc) is 2.95. The minimum atomic E-state index is -1.10. The normalized spacial score (nSPS) is 35.5. The van der Waals surface area contributed by atoms with Gasteiger partial charge in [0.25, 0.3) is 0 Å². The van der Waals surface area contributed by atoms with Gasteiger partial charge in [0.1, 0.15) is 12.0 Å². The molecule has 22 heavy (non-hydrogen) atoms. The fourth-order valence-electron chi connectivity index (χ4n) is 5.30. The zero-order valence-corrected chi connectivity index (χ0v) is 13.3. The lowest BCUT2D eigenvalue weighted by atomic mass is 9.56. The van der Waals surface area contributed by atoms with E-state index in [1.807, 2.05) is 0 Å². The minimum Gasteiger partial charge on any atom is -0.481 e. The maximum absolute atomic E-state index is 12.0. The van der Waals surface area contributed by atoms with E-state index >= 15 is 0 Å². The van der Waals surface area contributed by atoms with Crippen LogP contribution in [0.4, 0.5) is 0 Å². The number of carbonyl (C=O) groups excluding carboxylic acids is 1. The van der Waals surface area contributed by atoms with Crippen molar-refractivity contribution >= 4 is 11.9 Å². The van der Waals surface area contributed by atoms with Crippen LogP contribution in [0.3, 0.4) is 0 Å². The van der Waals surface area contributed by atoms with Crippen LogP contribution in [0, 0.1) is 23.7 Å². The van der Waals surface area contributed by atoms with Crippen LogP contribution in [0.2, 0.25) is 0 Å². The largest absolute Gasteiger partial charge is 0.481 e. The standard InChI is InChI=1S/C18H26O4/c1-2-14-12-5-7-13(8-6-12)17(14)18(9-3-4-10-18)22-16(21)11-15(19)20/h5,7,12-14,17H,2-4,6,8-11H2,1H3,(H,19,20). The monoisotopic (exact) mass is 306 g/mol. The van der Waals surface area contributed by atoms with Crippen molar-refractivity contribution in [3.63, 3.8) is 0 Å². The number of fused-ring (bicyclic) bond motifs is 2. The van der Waals surface area contributed by atoms with Gasteiger partial charge in [-0.1, -0.05) is 25.5 Å². The van der Waals surface area contributed by atoms with E-state index in [2.05, 4.69) is 19.1 Å². The van der Waals surface area contributed by atoms with E-state index in [-0.39, 0.29) is 0 Å². The fraction of sp³-hybridized carbons (Fsp3) is 0.778. The zero-order chi connectivity index (χ0) is 15.7. The van der Waals surface area contributed by atoms with Crippen LogP contribution in [0.25, 0.3) is 0 Å². The van der Waals surface area contributed by atoms with Crippen molar-refractivity contribution in [2.24, 2.45) is 23.7 Å². The summed E-state index contributed by atoms with van der Waals surface area (Å²) in [5.74, 6) is 0.382. The highest BCUT2D eigenvalue weighted by molar-refractivity contribution is 5.90. The van der Waals surface area contributed by atoms with Crippen molar-refractivity contribution in [1.29, 1.82) is 0 Å². The van der Waals surface area contributed by atoms with E-state index in [1.54, 1.807) is 0 Å². The summed E-state index contributed by atoms with van der Waals surface area (Å²) in [5, 5.41) is 8.84. The molecule has 2 bridgehead atoms. The third kappa shape index (κ3) is 2.68. The molecule has 0 aromatic rings. The van der Waals surface area contributed by atoms with Gasteiger partial charge < -0.3 is 9.84 Å². The molecule has 0 amide bonds. The molecule has 0 aromatic carbocycles. The highest BCUT2D eigenvalue weighted by Crippen LogP contribution is 2.55. The number of rotatable bonds is 5. The van der Waals surface area contributed by atoms with Crippen LogP contribution in [-0.2, 0) is 14.3 Å². The number of carboxylic acids is 1. The summed E-state index contributed by atoms with van der Waals surface area (Å²) in [6, 6.07) is 0. The third-order valence-electron chi connectivity index (χ3n) is 6.05. The molecule has 0 heterocycles. The molecule has 0 aliphatic heterocycles. The summed E-state index contributed by atoms with van der Waals surface area (Å²) in [4.78, 5) is 22.8. The van der Waals surface area contributed by atoms with Gasteiger partial charge in [0.05, 0.1) is 0 Å². The smallest absolute Gasteiger partial charge is 0.317 e. The number of carbonyl (C=O) groups is 2. The molecule has 122 valence electrons. The highest BCUT2D eigenvalue weighted by atomic mass is 16.6. The molecule has 0 saturated heterocycles. The number of carboxylic acid groups (broad SMARTS) is 1. The number of esters is 1. The summed E-state index contributed by atoms with van der Waals surface area (Å²) in [6.07, 6.45) is 11.7. The van der Waals surface area contributed by atoms with Crippen molar-refractivity contribution in [2.75, 3.05) is 0 Å². The van der Waals surface area contributed by atoms with Crippen LogP contribution < -0.4 is 0 Å². The predicted molar refractivity (Wildman–Crippen MR) is 82.2 cm³/mol. The van der Waals surface area contributed by atoms with Crippen LogP contribution in [0.15, 0.2) is 12.2 Å². The van der Waals surface area contributed by atoms with E-state index in [9.17, 15) is 9.59 Å². The molecule has 0 aromatic heterocycles. The Balaban J connectivity index is 1.85. The van der Waals surface area contributed by atoms with E-state index in [4.69, 9.17) is 9.84 Å². The first-order chi connectivity index (χ1) is 10.6. The second-order valence-electron chi connectivity index (χ2n) is 7.20. The summed E-state index contributed by atoms with van der Waals surface area (Å²) in [7, 11) is 0. The van der Waals surface area contributed by atoms with Crippen LogP contribution in [0.1, 0.15) is 58.3 Å². The van der Waals surface area contributed by atoms with Crippen molar-refractivity contribution in [2.45, 2.75) is 63.9 Å². The molecule has 4 atom stereocenters. The average molecular weight is 306 g/mol. The van der Waals surface area contributed by atoms with Crippen molar-refractivity contribution in [3.8, 4) is 0 Å². The molecule has 4 rings (SSSR count). The molecule has 2 saturated carbocycles. The first-order valence-electron chi connectivity index (χ1n) is 8.67. The molecule has 4 nitrogen and oxygen atoms in total. The Morgan fingerprint density at radius 3 is 2.36 bits per heavy atom. The van der Waals surface area contributed by atoms with Gasteiger partial charge in [-0.05, 0) is 56.3 Å². The van der Waals surface area contributed by atoms with Crippen LogP contribution >= 0.6 is 0 Å². The number of ether oxygens (including phenoxy) is 1. The van der Waals surface area contributed by atoms with Crippen molar-refractivity contribution in [1.82, 2.24) is 0 Å². The second kappa shape index (κ2) is 6.05. The molecule has 1 N–H and O–H groups in total. The number of hydrogen-bond acceptors (Lipinski definition) is 3. The number of allylic oxidation sites excluding steroid dienone is 2. The predicted octanol–water partition coefficient (Wildman–Crippen LogP) is 3.56. The van der Waals surface area contributed by atoms with Crippen LogP contribution in [-0.4, -0.2) is 22.6 Å². The molecular weight excluding hydrogens is 280 g/mol. The van der Waals surface area contributed by atoms with Gasteiger partial charge in [-0.2, -0.15) is 0 Å². The van der Waals surface area contributed by atoms with Gasteiger partial charge in [0.15, 0.2) is 0 Å². The Hall–Kier alpha value is -1.32.